The smallest absolute Gasteiger partial charge is 0.375 e. The van der Waals surface area contributed by atoms with Gasteiger partial charge in [-0.3, -0.25) is 9.69 Å². The van der Waals surface area contributed by atoms with Crippen LogP contribution < -0.4 is 0 Å². The molecule has 1 fully saturated rings. The number of benzene rings is 2. The van der Waals surface area contributed by atoms with E-state index in [-0.39, 0.29) is 17.2 Å². The summed E-state index contributed by atoms with van der Waals surface area (Å²) in [4.78, 5) is 33.6. The van der Waals surface area contributed by atoms with Crippen LogP contribution in [0.5, 0.6) is 0 Å². The van der Waals surface area contributed by atoms with Crippen molar-refractivity contribution in [2.24, 2.45) is 0 Å². The van der Waals surface area contributed by atoms with Crippen molar-refractivity contribution in [1.29, 1.82) is 0 Å². The van der Waals surface area contributed by atoms with Crippen molar-refractivity contribution in [3.8, 4) is 5.69 Å². The highest BCUT2D eigenvalue weighted by Crippen LogP contribution is 2.26. The molecule has 10 heteroatoms. The highest BCUT2D eigenvalue weighted by molar-refractivity contribution is 6.35. The number of halogens is 2. The number of hydrogen-bond donors (Lipinski definition) is 1. The first-order valence-electron chi connectivity index (χ1n) is 10.0. The molecule has 1 saturated heterocycles. The average Bonchev–Trinajstić information content (AvgIpc) is 3.19. The Morgan fingerprint density at radius 3 is 2.44 bits per heavy atom. The summed E-state index contributed by atoms with van der Waals surface area (Å²) < 4.78 is 1.42. The van der Waals surface area contributed by atoms with E-state index < -0.39 is 5.97 Å². The minimum atomic E-state index is -1.24. The van der Waals surface area contributed by atoms with Crippen LogP contribution in [0.15, 0.2) is 42.5 Å². The van der Waals surface area contributed by atoms with Gasteiger partial charge >= 0.3 is 5.97 Å². The molecule has 166 valence electrons. The standard InChI is InChI=1S/C22H21Cl2N5O3/c1-27-8-10-28(11-9-27)13-19-25-21(22(31)32)26-29(19)18-7-6-14(23)12-16(18)20(30)15-4-2-3-5-17(15)24/h2-7,12H,8-11,13H2,1H3,(H,31,32). The molecule has 0 spiro atoms. The number of nitrogens with zero attached hydrogens (tertiary/aromatic N) is 5. The summed E-state index contributed by atoms with van der Waals surface area (Å²) in [6.07, 6.45) is 0. The quantitative estimate of drug-likeness (QED) is 0.549. The fourth-order valence-electron chi connectivity index (χ4n) is 3.60. The summed E-state index contributed by atoms with van der Waals surface area (Å²) in [6.45, 7) is 3.83. The van der Waals surface area contributed by atoms with Gasteiger partial charge in [-0.2, -0.15) is 0 Å². The lowest BCUT2D eigenvalue weighted by Crippen LogP contribution is -2.44. The second-order valence-corrected chi connectivity index (χ2v) is 8.46. The van der Waals surface area contributed by atoms with Crippen molar-refractivity contribution in [3.05, 3.63) is 75.3 Å². The third-order valence-electron chi connectivity index (χ3n) is 5.38. The molecule has 0 bridgehead atoms. The molecule has 2 aromatic carbocycles. The van der Waals surface area contributed by atoms with Gasteiger partial charge in [0, 0.05) is 42.3 Å². The van der Waals surface area contributed by atoms with E-state index in [0.29, 0.717) is 33.7 Å². The number of carboxylic acids is 1. The monoisotopic (exact) mass is 473 g/mol. The molecular formula is C22H21Cl2N5O3. The van der Waals surface area contributed by atoms with Crippen molar-refractivity contribution in [3.63, 3.8) is 0 Å². The molecule has 4 rings (SSSR count). The van der Waals surface area contributed by atoms with Crippen LogP contribution in [0.1, 0.15) is 32.4 Å². The van der Waals surface area contributed by atoms with E-state index in [1.54, 1.807) is 36.4 Å². The molecule has 8 nitrogen and oxygen atoms in total. The van der Waals surface area contributed by atoms with Crippen LogP contribution in [0.2, 0.25) is 10.0 Å². The predicted octanol–water partition coefficient (Wildman–Crippen LogP) is 3.25. The van der Waals surface area contributed by atoms with Gasteiger partial charge in [0.25, 0.3) is 5.82 Å². The Morgan fingerprint density at radius 2 is 1.75 bits per heavy atom. The predicted molar refractivity (Wildman–Crippen MR) is 121 cm³/mol. The number of carbonyl (C=O) groups is 2. The maximum absolute atomic E-state index is 13.4. The molecule has 2 heterocycles. The average molecular weight is 474 g/mol. The van der Waals surface area contributed by atoms with Gasteiger partial charge in [-0.25, -0.2) is 14.5 Å². The van der Waals surface area contributed by atoms with Gasteiger partial charge in [0.15, 0.2) is 5.78 Å². The van der Waals surface area contributed by atoms with E-state index in [4.69, 9.17) is 23.2 Å². The first kappa shape index (κ1) is 22.4. The van der Waals surface area contributed by atoms with E-state index in [0.717, 1.165) is 26.2 Å². The van der Waals surface area contributed by atoms with Crippen LogP contribution >= 0.6 is 23.2 Å². The van der Waals surface area contributed by atoms with Crippen molar-refractivity contribution in [1.82, 2.24) is 24.6 Å². The van der Waals surface area contributed by atoms with E-state index in [2.05, 4.69) is 26.9 Å². The number of aromatic carboxylic acids is 1. The summed E-state index contributed by atoms with van der Waals surface area (Å²) in [7, 11) is 2.06. The van der Waals surface area contributed by atoms with Gasteiger partial charge in [-0.15, -0.1) is 5.10 Å². The molecule has 3 aromatic rings. The largest absolute Gasteiger partial charge is 0.475 e. The Morgan fingerprint density at radius 1 is 1.03 bits per heavy atom. The van der Waals surface area contributed by atoms with Gasteiger partial charge in [0.2, 0.25) is 0 Å². The Hall–Kier alpha value is -2.78. The second-order valence-electron chi connectivity index (χ2n) is 7.62. The number of piperazine rings is 1. The van der Waals surface area contributed by atoms with E-state index in [1.807, 2.05) is 0 Å². The number of likely N-dealkylation sites (N-methyl/N-ethyl adjacent to an activating group) is 1. The van der Waals surface area contributed by atoms with E-state index in [9.17, 15) is 14.7 Å². The fraction of sp³-hybridized carbons (Fsp3) is 0.273. The number of rotatable bonds is 6. The third-order valence-corrected chi connectivity index (χ3v) is 5.94. The minimum absolute atomic E-state index is 0.257. The molecule has 0 saturated carbocycles. The number of carboxylic acid groups (broad SMARTS) is 1. The Labute approximate surface area is 195 Å². The fourth-order valence-corrected chi connectivity index (χ4v) is 4.00. The zero-order chi connectivity index (χ0) is 22.8. The summed E-state index contributed by atoms with van der Waals surface area (Å²) in [5, 5.41) is 14.3. The van der Waals surface area contributed by atoms with Gasteiger partial charge in [0.1, 0.15) is 5.82 Å². The third kappa shape index (κ3) is 4.68. The molecule has 0 aliphatic carbocycles. The van der Waals surface area contributed by atoms with Gasteiger partial charge < -0.3 is 10.0 Å². The molecule has 0 atom stereocenters. The zero-order valence-electron chi connectivity index (χ0n) is 17.3. The van der Waals surface area contributed by atoms with Crippen molar-refractivity contribution in [2.45, 2.75) is 6.54 Å². The highest BCUT2D eigenvalue weighted by Gasteiger charge is 2.25. The van der Waals surface area contributed by atoms with E-state index >= 15 is 0 Å². The maximum atomic E-state index is 13.4. The molecule has 0 unspecified atom stereocenters. The molecule has 0 amide bonds. The van der Waals surface area contributed by atoms with Crippen molar-refractivity contribution < 1.29 is 14.7 Å². The van der Waals surface area contributed by atoms with Crippen LogP contribution in [-0.2, 0) is 6.54 Å². The highest BCUT2D eigenvalue weighted by atomic mass is 35.5. The number of carbonyl (C=O) groups excluding carboxylic acids is 1. The van der Waals surface area contributed by atoms with Crippen LogP contribution in [0.4, 0.5) is 0 Å². The Bertz CT molecular complexity index is 1170. The minimum Gasteiger partial charge on any atom is -0.475 e. The van der Waals surface area contributed by atoms with Crippen LogP contribution in [0.3, 0.4) is 0 Å². The number of hydrogen-bond acceptors (Lipinski definition) is 6. The van der Waals surface area contributed by atoms with Crippen LogP contribution in [0, 0.1) is 0 Å². The summed E-state index contributed by atoms with van der Waals surface area (Å²) in [5.74, 6) is -1.48. The molecular weight excluding hydrogens is 453 g/mol. The molecule has 1 aliphatic rings. The normalized spacial score (nSPS) is 15.1. The SMILES string of the molecule is CN1CCN(Cc2nc(C(=O)O)nn2-c2ccc(Cl)cc2C(=O)c2ccccc2Cl)CC1. The van der Waals surface area contributed by atoms with E-state index in [1.165, 1.54) is 10.7 Å². The molecule has 1 aliphatic heterocycles. The lowest BCUT2D eigenvalue weighted by atomic mass is 10.0. The van der Waals surface area contributed by atoms with Gasteiger partial charge in [-0.05, 0) is 37.4 Å². The maximum Gasteiger partial charge on any atom is 0.375 e. The first-order chi connectivity index (χ1) is 15.3. The number of aromatic nitrogens is 3. The topological polar surface area (TPSA) is 91.6 Å². The summed E-state index contributed by atoms with van der Waals surface area (Å²) in [5.41, 5.74) is 0.965. The Balaban J connectivity index is 1.78. The second kappa shape index (κ2) is 9.38. The lowest BCUT2D eigenvalue weighted by molar-refractivity contribution is 0.0683. The summed E-state index contributed by atoms with van der Waals surface area (Å²) >= 11 is 12.5. The lowest BCUT2D eigenvalue weighted by Gasteiger charge is -2.31. The zero-order valence-corrected chi connectivity index (χ0v) is 18.8. The first-order valence-corrected chi connectivity index (χ1v) is 10.8. The number of ketones is 1. The van der Waals surface area contributed by atoms with Crippen molar-refractivity contribution in [2.75, 3.05) is 33.2 Å². The summed E-state index contributed by atoms with van der Waals surface area (Å²) in [6, 6.07) is 11.5. The molecule has 1 N–H and O–H groups in total. The molecule has 32 heavy (non-hydrogen) atoms. The van der Waals surface area contributed by atoms with Crippen LogP contribution in [0.25, 0.3) is 5.69 Å². The van der Waals surface area contributed by atoms with Gasteiger partial charge in [0.05, 0.1) is 17.3 Å². The Kier molecular flexibility index (Phi) is 6.57. The van der Waals surface area contributed by atoms with Crippen molar-refractivity contribution >= 4 is 35.0 Å². The molecule has 0 radical (unpaired) electrons. The van der Waals surface area contributed by atoms with Crippen LogP contribution in [-0.4, -0.2) is 74.7 Å². The van der Waals surface area contributed by atoms with Gasteiger partial charge in [-0.1, -0.05) is 35.3 Å². The molecule has 1 aromatic heterocycles.